The van der Waals surface area contributed by atoms with Crippen LogP contribution in [0.3, 0.4) is 0 Å². The summed E-state index contributed by atoms with van der Waals surface area (Å²) in [5, 5.41) is 5.71. The molecule has 1 aliphatic rings. The van der Waals surface area contributed by atoms with Crippen LogP contribution in [-0.4, -0.2) is 32.7 Å². The zero-order valence-corrected chi connectivity index (χ0v) is 14.3. The highest BCUT2D eigenvalue weighted by atomic mass is 32.1. The van der Waals surface area contributed by atoms with Gasteiger partial charge in [-0.05, 0) is 25.8 Å². The minimum atomic E-state index is -2.58. The van der Waals surface area contributed by atoms with Crippen molar-refractivity contribution < 1.29 is 13.6 Å². The van der Waals surface area contributed by atoms with Crippen LogP contribution in [0.2, 0.25) is 0 Å². The van der Waals surface area contributed by atoms with Crippen LogP contribution in [0.1, 0.15) is 48.8 Å². The van der Waals surface area contributed by atoms with Crippen LogP contribution >= 0.6 is 11.3 Å². The number of aryl methyl sites for hydroxylation is 1. The molecule has 5 nitrogen and oxygen atoms in total. The van der Waals surface area contributed by atoms with Gasteiger partial charge in [-0.2, -0.15) is 0 Å². The number of carbonyl (C=O) groups excluding carboxylic acids is 1. The lowest BCUT2D eigenvalue weighted by Crippen LogP contribution is -2.32. The van der Waals surface area contributed by atoms with Crippen LogP contribution in [0.5, 0.6) is 0 Å². The summed E-state index contributed by atoms with van der Waals surface area (Å²) < 4.78 is 26.5. The van der Waals surface area contributed by atoms with Crippen LogP contribution in [0.25, 0.3) is 10.7 Å². The van der Waals surface area contributed by atoms with Crippen LogP contribution in [0.4, 0.5) is 14.7 Å². The molecule has 8 heteroatoms. The number of anilines is 1. The molecule has 2 aromatic heterocycles. The number of ketones is 1. The summed E-state index contributed by atoms with van der Waals surface area (Å²) in [5.74, 6) is -2.46. The van der Waals surface area contributed by atoms with E-state index in [-0.39, 0.29) is 30.4 Å². The van der Waals surface area contributed by atoms with E-state index >= 15 is 0 Å². The second-order valence-corrected chi connectivity index (χ2v) is 6.94. The average molecular weight is 352 g/mol. The Morgan fingerprint density at radius 1 is 1.29 bits per heavy atom. The van der Waals surface area contributed by atoms with Gasteiger partial charge in [-0.25, -0.2) is 23.7 Å². The van der Waals surface area contributed by atoms with Gasteiger partial charge < -0.3 is 5.32 Å². The molecule has 24 heavy (non-hydrogen) atoms. The normalized spacial score (nSPS) is 17.7. The summed E-state index contributed by atoms with van der Waals surface area (Å²) in [6.07, 6.45) is 0.421. The second kappa shape index (κ2) is 6.51. The van der Waals surface area contributed by atoms with Crippen molar-refractivity contribution in [2.45, 2.75) is 51.5 Å². The van der Waals surface area contributed by atoms with E-state index in [1.807, 2.05) is 12.3 Å². The first-order valence-electron chi connectivity index (χ1n) is 7.79. The topological polar surface area (TPSA) is 67.8 Å². The van der Waals surface area contributed by atoms with Crippen molar-refractivity contribution in [2.75, 3.05) is 5.32 Å². The smallest absolute Gasteiger partial charge is 0.248 e. The Balaban J connectivity index is 1.84. The molecule has 0 radical (unpaired) electrons. The Kier molecular flexibility index (Phi) is 4.58. The first-order valence-corrected chi connectivity index (χ1v) is 8.67. The first-order chi connectivity index (χ1) is 11.3. The number of hydrogen-bond donors (Lipinski definition) is 1. The third-order valence-electron chi connectivity index (χ3n) is 3.98. The highest BCUT2D eigenvalue weighted by Gasteiger charge is 2.35. The summed E-state index contributed by atoms with van der Waals surface area (Å²) in [5.41, 5.74) is 1.73. The number of thiazole rings is 1. The lowest BCUT2D eigenvalue weighted by molar-refractivity contribution is -0.0361. The Hall–Kier alpha value is -1.96. The predicted octanol–water partition coefficient (Wildman–Crippen LogP) is 4.10. The molecular formula is C16H18F2N4OS. The number of Topliss-reactive ketones (excluding diaryl/α,β-unsaturated/α-hetero) is 1. The van der Waals surface area contributed by atoms with E-state index in [4.69, 9.17) is 0 Å². The summed E-state index contributed by atoms with van der Waals surface area (Å²) >= 11 is 1.44. The van der Waals surface area contributed by atoms with Gasteiger partial charge in [0.2, 0.25) is 11.9 Å². The number of carbonyl (C=O) groups is 1. The molecule has 1 aliphatic carbocycles. The monoisotopic (exact) mass is 352 g/mol. The van der Waals surface area contributed by atoms with E-state index in [2.05, 4.69) is 20.3 Å². The van der Waals surface area contributed by atoms with Gasteiger partial charge in [-0.15, -0.1) is 11.3 Å². The lowest BCUT2D eigenvalue weighted by atomic mass is 9.92. The van der Waals surface area contributed by atoms with Gasteiger partial charge in [-0.1, -0.05) is 0 Å². The maximum absolute atomic E-state index is 13.3. The third kappa shape index (κ3) is 3.92. The fourth-order valence-corrected chi connectivity index (χ4v) is 3.40. The Labute approximate surface area is 142 Å². The molecule has 1 N–H and O–H groups in total. The molecule has 0 bridgehead atoms. The molecule has 0 aromatic carbocycles. The van der Waals surface area contributed by atoms with E-state index in [1.54, 1.807) is 6.07 Å². The summed E-state index contributed by atoms with van der Waals surface area (Å²) in [7, 11) is 0. The molecule has 0 atom stereocenters. The maximum Gasteiger partial charge on any atom is 0.248 e. The zero-order chi connectivity index (χ0) is 17.3. The van der Waals surface area contributed by atoms with Crippen molar-refractivity contribution >= 4 is 23.1 Å². The summed E-state index contributed by atoms with van der Waals surface area (Å²) in [6.45, 7) is 3.32. The molecule has 128 valence electrons. The van der Waals surface area contributed by atoms with Gasteiger partial charge in [0.1, 0.15) is 16.4 Å². The van der Waals surface area contributed by atoms with Crippen LogP contribution < -0.4 is 5.32 Å². The van der Waals surface area contributed by atoms with E-state index in [0.717, 1.165) is 5.69 Å². The molecule has 1 fully saturated rings. The Morgan fingerprint density at radius 3 is 2.58 bits per heavy atom. The SMILES string of the molecule is CC(=O)c1cc(-c2nc(C)cs2)nc(NC2CCC(F)(F)CC2)n1. The predicted molar refractivity (Wildman–Crippen MR) is 88.7 cm³/mol. The highest BCUT2D eigenvalue weighted by Crippen LogP contribution is 2.34. The van der Waals surface area contributed by atoms with E-state index in [0.29, 0.717) is 29.5 Å². The number of nitrogens with one attached hydrogen (secondary N) is 1. The minimum absolute atomic E-state index is 0.113. The molecule has 0 unspecified atom stereocenters. The minimum Gasteiger partial charge on any atom is -0.351 e. The molecule has 3 rings (SSSR count). The molecule has 2 heterocycles. The Bertz CT molecular complexity index is 752. The number of rotatable bonds is 4. The van der Waals surface area contributed by atoms with Crippen LogP contribution in [0.15, 0.2) is 11.4 Å². The van der Waals surface area contributed by atoms with Crippen molar-refractivity contribution in [3.63, 3.8) is 0 Å². The molecule has 0 spiro atoms. The van der Waals surface area contributed by atoms with Crippen molar-refractivity contribution in [1.29, 1.82) is 0 Å². The van der Waals surface area contributed by atoms with Crippen LogP contribution in [0, 0.1) is 6.92 Å². The zero-order valence-electron chi connectivity index (χ0n) is 13.5. The maximum atomic E-state index is 13.3. The molecule has 0 saturated heterocycles. The molecular weight excluding hydrogens is 334 g/mol. The number of halogens is 2. The summed E-state index contributed by atoms with van der Waals surface area (Å²) in [4.78, 5) is 24.7. The quantitative estimate of drug-likeness (QED) is 0.839. The van der Waals surface area contributed by atoms with Crippen molar-refractivity contribution in [2.24, 2.45) is 0 Å². The van der Waals surface area contributed by atoms with Gasteiger partial charge >= 0.3 is 0 Å². The van der Waals surface area contributed by atoms with Crippen molar-refractivity contribution in [1.82, 2.24) is 15.0 Å². The largest absolute Gasteiger partial charge is 0.351 e. The first kappa shape index (κ1) is 16.9. The fourth-order valence-electron chi connectivity index (χ4n) is 2.64. The number of hydrogen-bond acceptors (Lipinski definition) is 6. The molecule has 2 aromatic rings. The third-order valence-corrected chi connectivity index (χ3v) is 4.96. The van der Waals surface area contributed by atoms with E-state index in [1.165, 1.54) is 18.3 Å². The molecule has 1 saturated carbocycles. The van der Waals surface area contributed by atoms with E-state index < -0.39 is 5.92 Å². The number of alkyl halides is 2. The number of aromatic nitrogens is 3. The highest BCUT2D eigenvalue weighted by molar-refractivity contribution is 7.13. The van der Waals surface area contributed by atoms with E-state index in [9.17, 15) is 13.6 Å². The second-order valence-electron chi connectivity index (χ2n) is 6.09. The standard InChI is InChI=1S/C16H18F2N4OS/c1-9-8-24-14(19-9)13-7-12(10(2)23)21-15(22-13)20-11-3-5-16(17,18)6-4-11/h7-8,11H,3-6H2,1-2H3,(H,20,21,22). The van der Waals surface area contributed by atoms with Gasteiger partial charge in [0.05, 0.1) is 0 Å². The molecule has 0 aliphatic heterocycles. The Morgan fingerprint density at radius 2 is 2.00 bits per heavy atom. The fraction of sp³-hybridized carbons (Fsp3) is 0.500. The lowest BCUT2D eigenvalue weighted by Gasteiger charge is -2.28. The average Bonchev–Trinajstić information content (AvgIpc) is 2.96. The van der Waals surface area contributed by atoms with Crippen molar-refractivity contribution in [3.05, 3.63) is 22.8 Å². The van der Waals surface area contributed by atoms with Crippen molar-refractivity contribution in [3.8, 4) is 10.7 Å². The summed E-state index contributed by atoms with van der Waals surface area (Å²) in [6, 6.07) is 1.50. The molecule has 0 amide bonds. The van der Waals surface area contributed by atoms with Gasteiger partial charge in [0, 0.05) is 36.9 Å². The van der Waals surface area contributed by atoms with Crippen LogP contribution in [-0.2, 0) is 0 Å². The van der Waals surface area contributed by atoms with Gasteiger partial charge in [-0.3, -0.25) is 4.79 Å². The van der Waals surface area contributed by atoms with Gasteiger partial charge in [0.25, 0.3) is 0 Å². The number of nitrogens with zero attached hydrogens (tertiary/aromatic N) is 3. The van der Waals surface area contributed by atoms with Gasteiger partial charge in [0.15, 0.2) is 5.78 Å².